The van der Waals surface area contributed by atoms with Crippen LogP contribution in [0.5, 0.6) is 5.75 Å². The quantitative estimate of drug-likeness (QED) is 0.702. The number of carbonyl (C=O) groups is 2. The fraction of sp³-hybridized carbons (Fsp3) is 0.250. The van der Waals surface area contributed by atoms with Gasteiger partial charge in [0.15, 0.2) is 0 Å². The number of fused-ring (bicyclic) bond motifs is 1. The maximum Gasteiger partial charge on any atom is 0.269 e. The van der Waals surface area contributed by atoms with Crippen LogP contribution in [0, 0.1) is 0 Å². The Balaban J connectivity index is 2.31. The van der Waals surface area contributed by atoms with Gasteiger partial charge in [0.2, 0.25) is 0 Å². The molecule has 2 N–H and O–H groups in total. The average molecular weight is 366 g/mol. The van der Waals surface area contributed by atoms with Gasteiger partial charge in [-0.05, 0) is 37.6 Å². The Kier molecular flexibility index (Phi) is 5.40. The van der Waals surface area contributed by atoms with Crippen molar-refractivity contribution in [1.29, 1.82) is 0 Å². The third-order valence-electron chi connectivity index (χ3n) is 4.21. The van der Waals surface area contributed by atoms with Crippen LogP contribution in [0.1, 0.15) is 34.7 Å². The van der Waals surface area contributed by atoms with Gasteiger partial charge in [-0.2, -0.15) is 0 Å². The fourth-order valence-electron chi connectivity index (χ4n) is 3.00. The number of rotatable bonds is 6. The summed E-state index contributed by atoms with van der Waals surface area (Å²) in [6, 6.07) is 9.17. The van der Waals surface area contributed by atoms with Crippen molar-refractivity contribution < 1.29 is 14.3 Å². The molecule has 0 aliphatic carbocycles. The summed E-state index contributed by atoms with van der Waals surface area (Å²) < 4.78 is 6.85. The largest absolute Gasteiger partial charge is 0.497 e. The molecule has 0 aliphatic heterocycles. The number of aromatic nitrogens is 2. The summed E-state index contributed by atoms with van der Waals surface area (Å²) in [7, 11) is 1.60. The standard InChI is InChI=1S/C20H22N4O3/c1-4-21-19(25)17-15(13-6-8-14(27-3)9-7-13)12-16-23-10-11-24(16)18(17)20(26)22-5-2/h6-12H,4-5H2,1-3H3,(H,21,25)(H,22,26). The molecule has 0 spiro atoms. The number of imidazole rings is 1. The molecule has 7 heteroatoms. The van der Waals surface area contributed by atoms with Crippen LogP contribution >= 0.6 is 0 Å². The first kappa shape index (κ1) is 18.4. The Hall–Kier alpha value is -3.35. The Morgan fingerprint density at radius 2 is 1.74 bits per heavy atom. The highest BCUT2D eigenvalue weighted by Gasteiger charge is 2.25. The molecule has 0 bridgehead atoms. The van der Waals surface area contributed by atoms with E-state index in [0.717, 1.165) is 5.56 Å². The Labute approximate surface area is 157 Å². The minimum atomic E-state index is -0.322. The summed E-state index contributed by atoms with van der Waals surface area (Å²) in [6.07, 6.45) is 3.29. The highest BCUT2D eigenvalue weighted by atomic mass is 16.5. The molecule has 3 aromatic rings. The SMILES string of the molecule is CCNC(=O)c1c(-c2ccc(OC)cc2)cc2nccn2c1C(=O)NCC. The summed E-state index contributed by atoms with van der Waals surface area (Å²) in [4.78, 5) is 30.0. The molecule has 2 aromatic heterocycles. The molecule has 140 valence electrons. The molecule has 0 aliphatic rings. The second kappa shape index (κ2) is 7.90. The lowest BCUT2D eigenvalue weighted by Crippen LogP contribution is -2.32. The van der Waals surface area contributed by atoms with Gasteiger partial charge in [0.25, 0.3) is 11.8 Å². The van der Waals surface area contributed by atoms with Gasteiger partial charge in [0, 0.05) is 31.0 Å². The van der Waals surface area contributed by atoms with Gasteiger partial charge < -0.3 is 15.4 Å². The van der Waals surface area contributed by atoms with Gasteiger partial charge in [-0.3, -0.25) is 14.0 Å². The second-order valence-corrected chi connectivity index (χ2v) is 5.88. The lowest BCUT2D eigenvalue weighted by atomic mass is 9.97. The molecule has 2 amide bonds. The lowest BCUT2D eigenvalue weighted by molar-refractivity contribution is 0.0917. The minimum Gasteiger partial charge on any atom is -0.497 e. The first-order chi connectivity index (χ1) is 13.1. The molecule has 2 heterocycles. The average Bonchev–Trinajstić information content (AvgIpc) is 3.15. The molecule has 0 radical (unpaired) electrons. The molecule has 7 nitrogen and oxygen atoms in total. The van der Waals surface area contributed by atoms with Crippen molar-refractivity contribution in [3.63, 3.8) is 0 Å². The van der Waals surface area contributed by atoms with Crippen LogP contribution in [-0.4, -0.2) is 41.4 Å². The van der Waals surface area contributed by atoms with Crippen LogP contribution in [-0.2, 0) is 0 Å². The first-order valence-electron chi connectivity index (χ1n) is 8.81. The highest BCUT2D eigenvalue weighted by molar-refractivity contribution is 6.11. The zero-order valence-corrected chi connectivity index (χ0v) is 15.6. The Morgan fingerprint density at radius 1 is 1.07 bits per heavy atom. The van der Waals surface area contributed by atoms with Crippen LogP contribution in [0.15, 0.2) is 42.7 Å². The second-order valence-electron chi connectivity index (χ2n) is 5.88. The summed E-state index contributed by atoms with van der Waals surface area (Å²) in [5.41, 5.74) is 2.62. The summed E-state index contributed by atoms with van der Waals surface area (Å²) >= 11 is 0. The summed E-state index contributed by atoms with van der Waals surface area (Å²) in [5, 5.41) is 5.60. The van der Waals surface area contributed by atoms with Crippen molar-refractivity contribution in [3.05, 3.63) is 54.0 Å². The Morgan fingerprint density at radius 3 is 2.37 bits per heavy atom. The maximum atomic E-state index is 12.9. The van der Waals surface area contributed by atoms with Gasteiger partial charge in [-0.25, -0.2) is 4.98 Å². The molecule has 0 fully saturated rings. The Bertz CT molecular complexity index is 977. The number of benzene rings is 1. The third kappa shape index (κ3) is 3.48. The summed E-state index contributed by atoms with van der Waals surface area (Å²) in [5.74, 6) is 0.0847. The maximum absolute atomic E-state index is 12.9. The van der Waals surface area contributed by atoms with Crippen molar-refractivity contribution in [3.8, 4) is 16.9 Å². The number of amides is 2. The van der Waals surface area contributed by atoms with Gasteiger partial charge in [-0.1, -0.05) is 12.1 Å². The van der Waals surface area contributed by atoms with E-state index in [9.17, 15) is 9.59 Å². The molecule has 0 saturated heterocycles. The van der Waals surface area contributed by atoms with Crippen molar-refractivity contribution in [1.82, 2.24) is 20.0 Å². The topological polar surface area (TPSA) is 84.7 Å². The predicted octanol–water partition coefficient (Wildman–Crippen LogP) is 2.51. The lowest BCUT2D eigenvalue weighted by Gasteiger charge is -2.16. The number of hydrogen-bond donors (Lipinski definition) is 2. The van der Waals surface area contributed by atoms with Crippen molar-refractivity contribution in [2.75, 3.05) is 20.2 Å². The number of carbonyl (C=O) groups excluding carboxylic acids is 2. The number of nitrogens with zero attached hydrogens (tertiary/aromatic N) is 2. The van der Waals surface area contributed by atoms with Crippen molar-refractivity contribution in [2.24, 2.45) is 0 Å². The number of methoxy groups -OCH3 is 1. The van der Waals surface area contributed by atoms with Gasteiger partial charge in [0.05, 0.1) is 12.7 Å². The zero-order chi connectivity index (χ0) is 19.4. The minimum absolute atomic E-state index is 0.267. The van der Waals surface area contributed by atoms with E-state index in [2.05, 4.69) is 15.6 Å². The third-order valence-corrected chi connectivity index (χ3v) is 4.21. The number of hydrogen-bond acceptors (Lipinski definition) is 4. The number of ether oxygens (including phenoxy) is 1. The summed E-state index contributed by atoms with van der Waals surface area (Å²) in [6.45, 7) is 4.59. The molecular weight excluding hydrogens is 344 g/mol. The zero-order valence-electron chi connectivity index (χ0n) is 15.6. The number of nitrogens with one attached hydrogen (secondary N) is 2. The first-order valence-corrected chi connectivity index (χ1v) is 8.81. The molecule has 0 atom stereocenters. The van der Waals surface area contributed by atoms with Crippen LogP contribution in [0.2, 0.25) is 0 Å². The molecule has 0 saturated carbocycles. The van der Waals surface area contributed by atoms with E-state index in [1.165, 1.54) is 0 Å². The van der Waals surface area contributed by atoms with E-state index < -0.39 is 0 Å². The normalized spacial score (nSPS) is 10.6. The van der Waals surface area contributed by atoms with Crippen molar-refractivity contribution >= 4 is 17.5 Å². The van der Waals surface area contributed by atoms with E-state index >= 15 is 0 Å². The van der Waals surface area contributed by atoms with Crippen molar-refractivity contribution in [2.45, 2.75) is 13.8 Å². The monoisotopic (exact) mass is 366 g/mol. The van der Waals surface area contributed by atoms with E-state index in [4.69, 9.17) is 4.74 Å². The van der Waals surface area contributed by atoms with Crippen LogP contribution < -0.4 is 15.4 Å². The molecular formula is C20H22N4O3. The number of pyridine rings is 1. The van der Waals surface area contributed by atoms with E-state index in [-0.39, 0.29) is 17.5 Å². The van der Waals surface area contributed by atoms with Gasteiger partial charge in [0.1, 0.15) is 17.1 Å². The molecule has 1 aromatic carbocycles. The van der Waals surface area contributed by atoms with Crippen LogP contribution in [0.4, 0.5) is 0 Å². The predicted molar refractivity (Wildman–Crippen MR) is 103 cm³/mol. The van der Waals surface area contributed by atoms with E-state index in [1.807, 2.05) is 44.2 Å². The van der Waals surface area contributed by atoms with Crippen LogP contribution in [0.25, 0.3) is 16.8 Å². The van der Waals surface area contributed by atoms with E-state index in [0.29, 0.717) is 35.6 Å². The smallest absolute Gasteiger partial charge is 0.269 e. The van der Waals surface area contributed by atoms with Gasteiger partial charge in [-0.15, -0.1) is 0 Å². The highest BCUT2D eigenvalue weighted by Crippen LogP contribution is 2.30. The van der Waals surface area contributed by atoms with E-state index in [1.54, 1.807) is 23.9 Å². The van der Waals surface area contributed by atoms with Gasteiger partial charge >= 0.3 is 0 Å². The fourth-order valence-corrected chi connectivity index (χ4v) is 3.00. The molecule has 27 heavy (non-hydrogen) atoms. The molecule has 3 rings (SSSR count). The van der Waals surface area contributed by atoms with Crippen LogP contribution in [0.3, 0.4) is 0 Å². The molecule has 0 unspecified atom stereocenters.